The van der Waals surface area contributed by atoms with Crippen molar-refractivity contribution < 1.29 is 19.2 Å². The Morgan fingerprint density at radius 1 is 1.41 bits per heavy atom. The molecule has 1 aromatic heterocycles. The molecule has 22 heavy (non-hydrogen) atoms. The Kier molecular flexibility index (Phi) is 5.30. The molecule has 0 aliphatic rings. The number of nitrogens with zero attached hydrogens (tertiary/aromatic N) is 1. The molecule has 2 N–H and O–H groups in total. The Hall–Kier alpha value is -2.18. The fourth-order valence-electron chi connectivity index (χ4n) is 2.19. The summed E-state index contributed by atoms with van der Waals surface area (Å²) in [5, 5.41) is 15.8. The first-order valence-electron chi connectivity index (χ1n) is 7.02. The Bertz CT molecular complexity index is 604. The number of carbonyl (C=O) groups is 1. The minimum atomic E-state index is -0.660. The van der Waals surface area contributed by atoms with Crippen molar-refractivity contribution in [2.45, 2.75) is 18.9 Å². The molecular weight excluding hydrogens is 284 g/mol. The first kappa shape index (κ1) is 16.2. The van der Waals surface area contributed by atoms with Crippen molar-refractivity contribution in [3.8, 4) is 11.3 Å². The third-order valence-corrected chi connectivity index (χ3v) is 3.34. The molecule has 0 bridgehead atoms. The van der Waals surface area contributed by atoms with E-state index in [-0.39, 0.29) is 18.2 Å². The molecular formula is C16H20N2O4. The quantitative estimate of drug-likeness (QED) is 0.815. The number of ether oxygens (including phenoxy) is 1. The van der Waals surface area contributed by atoms with Crippen molar-refractivity contribution in [2.24, 2.45) is 0 Å². The predicted molar refractivity (Wildman–Crippen MR) is 81.4 cm³/mol. The van der Waals surface area contributed by atoms with E-state index in [0.29, 0.717) is 18.8 Å². The third-order valence-electron chi connectivity index (χ3n) is 3.34. The first-order valence-corrected chi connectivity index (χ1v) is 7.02. The van der Waals surface area contributed by atoms with Gasteiger partial charge < -0.3 is 19.7 Å². The van der Waals surface area contributed by atoms with Crippen LogP contribution in [0.4, 0.5) is 0 Å². The van der Waals surface area contributed by atoms with Crippen molar-refractivity contribution >= 4 is 5.91 Å². The van der Waals surface area contributed by atoms with Gasteiger partial charge in [-0.25, -0.2) is 0 Å². The summed E-state index contributed by atoms with van der Waals surface area (Å²) in [5.74, 6) is 0.167. The number of benzene rings is 1. The van der Waals surface area contributed by atoms with Crippen LogP contribution >= 0.6 is 0 Å². The van der Waals surface area contributed by atoms with Crippen LogP contribution in [0, 0.1) is 0 Å². The third kappa shape index (κ3) is 3.93. The van der Waals surface area contributed by atoms with E-state index in [2.05, 4.69) is 10.5 Å². The van der Waals surface area contributed by atoms with Gasteiger partial charge in [-0.1, -0.05) is 35.5 Å². The van der Waals surface area contributed by atoms with Gasteiger partial charge in [0.2, 0.25) is 0 Å². The standard InChI is InChI=1S/C16H20N2O4/c1-16(8-9-19,11-21-2)17-15(20)13-10-14(22-18-13)12-6-4-3-5-7-12/h3-7,10,19H,8-9,11H2,1-2H3,(H,17,20). The number of carbonyl (C=O) groups excluding carboxylic acids is 1. The predicted octanol–water partition coefficient (Wildman–Crippen LogP) is 1.86. The highest BCUT2D eigenvalue weighted by Crippen LogP contribution is 2.20. The zero-order valence-electron chi connectivity index (χ0n) is 12.7. The number of hydrogen-bond acceptors (Lipinski definition) is 5. The van der Waals surface area contributed by atoms with E-state index in [1.807, 2.05) is 37.3 Å². The van der Waals surface area contributed by atoms with Gasteiger partial charge >= 0.3 is 0 Å². The van der Waals surface area contributed by atoms with Crippen LogP contribution in [0.1, 0.15) is 23.8 Å². The summed E-state index contributed by atoms with van der Waals surface area (Å²) in [6, 6.07) is 11.0. The van der Waals surface area contributed by atoms with Gasteiger partial charge in [0.25, 0.3) is 5.91 Å². The molecule has 0 radical (unpaired) electrons. The molecule has 0 aliphatic carbocycles. The first-order chi connectivity index (χ1) is 10.6. The lowest BCUT2D eigenvalue weighted by molar-refractivity contribution is 0.0718. The van der Waals surface area contributed by atoms with E-state index in [4.69, 9.17) is 14.4 Å². The highest BCUT2D eigenvalue weighted by Gasteiger charge is 2.27. The van der Waals surface area contributed by atoms with Crippen LogP contribution in [0.2, 0.25) is 0 Å². The average molecular weight is 304 g/mol. The molecule has 1 unspecified atom stereocenters. The van der Waals surface area contributed by atoms with Crippen LogP contribution in [0.25, 0.3) is 11.3 Å². The number of hydrogen-bond donors (Lipinski definition) is 2. The number of rotatable bonds is 7. The second-order valence-electron chi connectivity index (χ2n) is 5.36. The maximum absolute atomic E-state index is 12.3. The van der Waals surface area contributed by atoms with Crippen molar-refractivity contribution in [3.63, 3.8) is 0 Å². The van der Waals surface area contributed by atoms with Crippen LogP contribution in [0.5, 0.6) is 0 Å². The highest BCUT2D eigenvalue weighted by molar-refractivity contribution is 5.93. The van der Waals surface area contributed by atoms with E-state index < -0.39 is 5.54 Å². The Balaban J connectivity index is 2.12. The van der Waals surface area contributed by atoms with Gasteiger partial charge in [0.05, 0.1) is 12.1 Å². The smallest absolute Gasteiger partial charge is 0.273 e. The highest BCUT2D eigenvalue weighted by atomic mass is 16.5. The largest absolute Gasteiger partial charge is 0.396 e. The van der Waals surface area contributed by atoms with E-state index in [1.54, 1.807) is 13.2 Å². The van der Waals surface area contributed by atoms with Crippen LogP contribution in [-0.2, 0) is 4.74 Å². The maximum Gasteiger partial charge on any atom is 0.273 e. The van der Waals surface area contributed by atoms with E-state index in [1.165, 1.54) is 0 Å². The number of methoxy groups -OCH3 is 1. The molecule has 0 saturated heterocycles. The normalized spacial score (nSPS) is 13.6. The minimum Gasteiger partial charge on any atom is -0.396 e. The summed E-state index contributed by atoms with van der Waals surface area (Å²) >= 11 is 0. The van der Waals surface area contributed by atoms with Gasteiger partial charge in [0.15, 0.2) is 11.5 Å². The summed E-state index contributed by atoms with van der Waals surface area (Å²) in [5.41, 5.74) is 0.384. The molecule has 118 valence electrons. The van der Waals surface area contributed by atoms with Crippen LogP contribution in [0.15, 0.2) is 40.9 Å². The maximum atomic E-state index is 12.3. The number of aliphatic hydroxyl groups excluding tert-OH is 1. The molecule has 1 heterocycles. The molecule has 0 aliphatic heterocycles. The summed E-state index contributed by atoms with van der Waals surface area (Å²) < 4.78 is 10.3. The Morgan fingerprint density at radius 3 is 2.77 bits per heavy atom. The van der Waals surface area contributed by atoms with Gasteiger partial charge in [0, 0.05) is 25.3 Å². The second kappa shape index (κ2) is 7.20. The Morgan fingerprint density at radius 2 is 2.14 bits per heavy atom. The lowest BCUT2D eigenvalue weighted by Crippen LogP contribution is -2.50. The van der Waals surface area contributed by atoms with Crippen LogP contribution in [-0.4, -0.2) is 42.0 Å². The monoisotopic (exact) mass is 304 g/mol. The van der Waals surface area contributed by atoms with Crippen molar-refractivity contribution in [2.75, 3.05) is 20.3 Å². The number of aliphatic hydroxyl groups is 1. The SMILES string of the molecule is COCC(C)(CCO)NC(=O)c1cc(-c2ccccc2)on1. The molecule has 0 fully saturated rings. The molecule has 6 heteroatoms. The van der Waals surface area contributed by atoms with Crippen molar-refractivity contribution in [3.05, 3.63) is 42.1 Å². The van der Waals surface area contributed by atoms with E-state index in [0.717, 1.165) is 5.56 Å². The van der Waals surface area contributed by atoms with Gasteiger partial charge in [0.1, 0.15) is 0 Å². The number of aromatic nitrogens is 1. The van der Waals surface area contributed by atoms with Crippen LogP contribution in [0.3, 0.4) is 0 Å². The number of nitrogens with one attached hydrogen (secondary N) is 1. The molecule has 1 amide bonds. The number of amides is 1. The van der Waals surface area contributed by atoms with Gasteiger partial charge in [-0.05, 0) is 13.3 Å². The van der Waals surface area contributed by atoms with Gasteiger partial charge in [-0.15, -0.1) is 0 Å². The molecule has 1 aromatic carbocycles. The molecule has 0 saturated carbocycles. The lowest BCUT2D eigenvalue weighted by atomic mass is 9.99. The van der Waals surface area contributed by atoms with Crippen molar-refractivity contribution in [1.82, 2.24) is 10.5 Å². The van der Waals surface area contributed by atoms with Gasteiger partial charge in [-0.3, -0.25) is 4.79 Å². The summed E-state index contributed by atoms with van der Waals surface area (Å²) in [6.07, 6.45) is 0.385. The van der Waals surface area contributed by atoms with E-state index in [9.17, 15) is 4.79 Å². The fraction of sp³-hybridized carbons (Fsp3) is 0.375. The summed E-state index contributed by atoms with van der Waals surface area (Å²) in [4.78, 5) is 12.3. The average Bonchev–Trinajstić information content (AvgIpc) is 2.98. The lowest BCUT2D eigenvalue weighted by Gasteiger charge is -2.28. The van der Waals surface area contributed by atoms with Crippen molar-refractivity contribution in [1.29, 1.82) is 0 Å². The molecule has 0 spiro atoms. The van der Waals surface area contributed by atoms with Crippen LogP contribution < -0.4 is 5.32 Å². The molecule has 1 atom stereocenters. The van der Waals surface area contributed by atoms with E-state index >= 15 is 0 Å². The minimum absolute atomic E-state index is 0.0474. The summed E-state index contributed by atoms with van der Waals surface area (Å²) in [6.45, 7) is 2.06. The zero-order valence-corrected chi connectivity index (χ0v) is 12.7. The topological polar surface area (TPSA) is 84.6 Å². The van der Waals surface area contributed by atoms with Gasteiger partial charge in [-0.2, -0.15) is 0 Å². The zero-order chi connectivity index (χ0) is 16.0. The fourth-order valence-corrected chi connectivity index (χ4v) is 2.19. The summed E-state index contributed by atoms with van der Waals surface area (Å²) in [7, 11) is 1.55. The molecule has 2 rings (SSSR count). The molecule has 6 nitrogen and oxygen atoms in total. The second-order valence-corrected chi connectivity index (χ2v) is 5.36. The molecule has 2 aromatic rings. The Labute approximate surface area is 129 Å².